The van der Waals surface area contributed by atoms with Crippen molar-refractivity contribution in [3.05, 3.63) is 119 Å². The van der Waals surface area contributed by atoms with Crippen LogP contribution in [0.1, 0.15) is 13.8 Å². The first kappa shape index (κ1) is 31.8. The van der Waals surface area contributed by atoms with Crippen LogP contribution in [-0.2, 0) is 19.2 Å². The van der Waals surface area contributed by atoms with E-state index >= 15 is 0 Å². The summed E-state index contributed by atoms with van der Waals surface area (Å²) >= 11 is 12.7. The molecule has 0 radical (unpaired) electrons. The second-order valence-corrected chi connectivity index (χ2v) is 10.7. The van der Waals surface area contributed by atoms with Crippen LogP contribution in [0.5, 0.6) is 23.0 Å². The fourth-order valence-electron chi connectivity index (χ4n) is 4.26. The standard InChI is InChI=1S/C34H26Cl2N4O6/c1-19(41)37-21-3-11-25(12-4-21)45-27-15-7-23(8-16-27)39-31-29(35)34(44)32(30(36)33(31)43)40-24-9-17-28(18-10-24)46-26-13-5-22(6-14-26)38-20(2)42/h3-18,39-40H,1-2H3,(H,37,41)(H,38,42). The molecule has 0 spiro atoms. The van der Waals surface area contributed by atoms with E-state index in [1.165, 1.54) is 13.8 Å². The topological polar surface area (TPSA) is 135 Å². The molecular weight excluding hydrogens is 631 g/mol. The third kappa shape index (κ3) is 7.92. The van der Waals surface area contributed by atoms with Crippen molar-refractivity contribution in [2.75, 3.05) is 21.3 Å². The summed E-state index contributed by atoms with van der Waals surface area (Å²) in [5.41, 5.74) is 1.94. The average Bonchev–Trinajstić information content (AvgIpc) is 3.03. The van der Waals surface area contributed by atoms with E-state index in [-0.39, 0.29) is 33.3 Å². The lowest BCUT2D eigenvalue weighted by Crippen LogP contribution is -2.27. The zero-order valence-electron chi connectivity index (χ0n) is 24.4. The quantitative estimate of drug-likeness (QED) is 0.127. The van der Waals surface area contributed by atoms with Gasteiger partial charge in [-0.15, -0.1) is 0 Å². The van der Waals surface area contributed by atoms with Crippen LogP contribution in [0.15, 0.2) is 119 Å². The normalized spacial score (nSPS) is 12.9. The Morgan fingerprint density at radius 2 is 0.739 bits per heavy atom. The molecule has 0 bridgehead atoms. The predicted molar refractivity (Wildman–Crippen MR) is 178 cm³/mol. The maximum Gasteiger partial charge on any atom is 0.224 e. The molecule has 10 nitrogen and oxygen atoms in total. The molecule has 0 saturated heterocycles. The van der Waals surface area contributed by atoms with Crippen LogP contribution in [0, 0.1) is 0 Å². The van der Waals surface area contributed by atoms with E-state index in [2.05, 4.69) is 21.3 Å². The van der Waals surface area contributed by atoms with Crippen LogP contribution < -0.4 is 30.7 Å². The molecule has 46 heavy (non-hydrogen) atoms. The largest absolute Gasteiger partial charge is 0.457 e. The number of nitrogens with one attached hydrogen (secondary N) is 4. The maximum absolute atomic E-state index is 13.1. The van der Waals surface area contributed by atoms with Crippen LogP contribution in [-0.4, -0.2) is 23.4 Å². The molecular formula is C34H26Cl2N4O6. The van der Waals surface area contributed by atoms with E-state index in [0.717, 1.165) is 0 Å². The minimum absolute atomic E-state index is 0.155. The number of rotatable bonds is 10. The second-order valence-electron chi connectivity index (χ2n) is 9.95. The van der Waals surface area contributed by atoms with Crippen LogP contribution in [0.4, 0.5) is 22.7 Å². The number of Topliss-reactive ketones (excluding diaryl/α,β-unsaturated/α-hetero) is 2. The van der Waals surface area contributed by atoms with E-state index in [1.807, 2.05) is 0 Å². The molecule has 1 aliphatic rings. The van der Waals surface area contributed by atoms with Crippen molar-refractivity contribution >= 4 is 69.3 Å². The lowest BCUT2D eigenvalue weighted by molar-refractivity contribution is -0.115. The molecule has 4 aromatic carbocycles. The number of ketones is 2. The van der Waals surface area contributed by atoms with E-state index in [4.69, 9.17) is 32.7 Å². The van der Waals surface area contributed by atoms with Gasteiger partial charge < -0.3 is 30.7 Å². The van der Waals surface area contributed by atoms with Gasteiger partial charge in [-0.05, 0) is 97.1 Å². The predicted octanol–water partition coefficient (Wildman–Crippen LogP) is 7.76. The van der Waals surface area contributed by atoms with Gasteiger partial charge in [0.1, 0.15) is 44.5 Å². The minimum atomic E-state index is -0.656. The van der Waals surface area contributed by atoms with Crippen LogP contribution in [0.2, 0.25) is 0 Å². The number of halogens is 2. The first-order chi connectivity index (χ1) is 22.0. The number of benzene rings is 4. The van der Waals surface area contributed by atoms with Gasteiger partial charge in [0.15, 0.2) is 0 Å². The highest BCUT2D eigenvalue weighted by Gasteiger charge is 2.33. The van der Waals surface area contributed by atoms with Crippen LogP contribution in [0.3, 0.4) is 0 Å². The number of anilines is 4. The Labute approximate surface area is 274 Å². The molecule has 4 N–H and O–H groups in total. The van der Waals surface area contributed by atoms with Crippen molar-refractivity contribution in [3.8, 4) is 23.0 Å². The van der Waals surface area contributed by atoms with Crippen molar-refractivity contribution in [2.24, 2.45) is 0 Å². The molecule has 0 saturated carbocycles. The molecule has 12 heteroatoms. The zero-order chi connectivity index (χ0) is 32.8. The summed E-state index contributed by atoms with van der Waals surface area (Å²) in [7, 11) is 0. The van der Waals surface area contributed by atoms with E-state index in [0.29, 0.717) is 45.7 Å². The molecule has 0 heterocycles. The van der Waals surface area contributed by atoms with E-state index in [9.17, 15) is 19.2 Å². The Morgan fingerprint density at radius 1 is 0.478 bits per heavy atom. The third-order valence-corrected chi connectivity index (χ3v) is 7.08. The lowest BCUT2D eigenvalue weighted by Gasteiger charge is -2.20. The van der Waals surface area contributed by atoms with Gasteiger partial charge in [-0.2, -0.15) is 0 Å². The van der Waals surface area contributed by atoms with E-state index < -0.39 is 11.6 Å². The highest BCUT2D eigenvalue weighted by Crippen LogP contribution is 2.33. The van der Waals surface area contributed by atoms with Crippen molar-refractivity contribution in [2.45, 2.75) is 13.8 Å². The Kier molecular flexibility index (Phi) is 9.70. The fourth-order valence-corrected chi connectivity index (χ4v) is 4.72. The third-order valence-electron chi connectivity index (χ3n) is 6.36. The van der Waals surface area contributed by atoms with Crippen molar-refractivity contribution in [1.29, 1.82) is 0 Å². The maximum atomic E-state index is 13.1. The molecule has 232 valence electrons. The highest BCUT2D eigenvalue weighted by atomic mass is 35.5. The summed E-state index contributed by atoms with van der Waals surface area (Å²) in [4.78, 5) is 48.7. The molecule has 0 atom stereocenters. The first-order valence-corrected chi connectivity index (χ1v) is 14.6. The van der Waals surface area contributed by atoms with Crippen molar-refractivity contribution < 1.29 is 28.7 Å². The summed E-state index contributed by atoms with van der Waals surface area (Å²) in [5, 5.41) is 10.5. The summed E-state index contributed by atoms with van der Waals surface area (Å²) in [6.07, 6.45) is 0. The number of hydrogen-bond acceptors (Lipinski definition) is 8. The van der Waals surface area contributed by atoms with Gasteiger partial charge >= 0.3 is 0 Å². The monoisotopic (exact) mass is 656 g/mol. The van der Waals surface area contributed by atoms with Crippen molar-refractivity contribution in [1.82, 2.24) is 0 Å². The molecule has 0 aliphatic heterocycles. The van der Waals surface area contributed by atoms with Gasteiger partial charge in [-0.25, -0.2) is 0 Å². The number of hydrogen-bond donors (Lipinski definition) is 4. The van der Waals surface area contributed by atoms with Gasteiger partial charge in [0.2, 0.25) is 23.4 Å². The zero-order valence-corrected chi connectivity index (χ0v) is 26.0. The molecule has 1 aliphatic carbocycles. The molecule has 5 rings (SSSR count). The number of carbonyl (C=O) groups is 4. The number of allylic oxidation sites excluding steroid dienone is 2. The Bertz CT molecular complexity index is 1730. The summed E-state index contributed by atoms with van der Waals surface area (Å²) in [6.45, 7) is 2.86. The molecule has 0 unspecified atom stereocenters. The SMILES string of the molecule is CC(=O)Nc1ccc(Oc2ccc(NC3=C(Cl)C(=O)C(Nc4ccc(Oc5ccc(NC(C)=O)cc5)cc4)=C(Cl)C3=O)cc2)cc1. The van der Waals surface area contributed by atoms with E-state index in [1.54, 1.807) is 97.1 Å². The Hall–Kier alpha value is -5.58. The van der Waals surface area contributed by atoms with Crippen LogP contribution in [0.25, 0.3) is 0 Å². The highest BCUT2D eigenvalue weighted by molar-refractivity contribution is 6.56. The number of ether oxygens (including phenoxy) is 2. The first-order valence-electron chi connectivity index (χ1n) is 13.8. The second kappa shape index (κ2) is 14.0. The molecule has 4 aromatic rings. The molecule has 0 fully saturated rings. The van der Waals surface area contributed by atoms with Gasteiger partial charge in [0.05, 0.1) is 0 Å². The lowest BCUT2D eigenvalue weighted by atomic mass is 10.0. The Balaban J connectivity index is 1.20. The molecule has 2 amide bonds. The minimum Gasteiger partial charge on any atom is -0.457 e. The van der Waals surface area contributed by atoms with Crippen molar-refractivity contribution in [3.63, 3.8) is 0 Å². The van der Waals surface area contributed by atoms with Gasteiger partial charge in [0.25, 0.3) is 0 Å². The summed E-state index contributed by atoms with van der Waals surface area (Å²) in [6, 6.07) is 27.0. The molecule has 0 aromatic heterocycles. The van der Waals surface area contributed by atoms with Gasteiger partial charge in [-0.1, -0.05) is 23.2 Å². The smallest absolute Gasteiger partial charge is 0.224 e. The fraction of sp³-hybridized carbons (Fsp3) is 0.0588. The Morgan fingerprint density at radius 3 is 1.00 bits per heavy atom. The van der Waals surface area contributed by atoms with Gasteiger partial charge in [0, 0.05) is 36.6 Å². The van der Waals surface area contributed by atoms with Crippen LogP contribution >= 0.6 is 23.2 Å². The average molecular weight is 658 g/mol. The number of amides is 2. The summed E-state index contributed by atoms with van der Waals surface area (Å²) < 4.78 is 11.7. The van der Waals surface area contributed by atoms with Gasteiger partial charge in [-0.3, -0.25) is 19.2 Å². The summed E-state index contributed by atoms with van der Waals surface area (Å²) in [5.74, 6) is 0.499. The number of carbonyl (C=O) groups excluding carboxylic acids is 4.